The van der Waals surface area contributed by atoms with E-state index in [-0.39, 0.29) is 18.7 Å². The Balaban J connectivity index is 2.61. The first-order chi connectivity index (χ1) is 6.11. The van der Waals surface area contributed by atoms with Crippen molar-refractivity contribution in [2.75, 3.05) is 11.9 Å². The van der Waals surface area contributed by atoms with Crippen molar-refractivity contribution >= 4 is 5.69 Å². The van der Waals surface area contributed by atoms with Gasteiger partial charge in [-0.1, -0.05) is 6.07 Å². The maximum Gasteiger partial charge on any atom is 0.279 e. The van der Waals surface area contributed by atoms with Crippen molar-refractivity contribution < 1.29 is 13.2 Å². The smallest absolute Gasteiger partial charge is 0.279 e. The van der Waals surface area contributed by atoms with Crippen LogP contribution in [0.15, 0.2) is 18.2 Å². The molecule has 70 valence electrons. The van der Waals surface area contributed by atoms with Crippen molar-refractivity contribution in [1.82, 2.24) is 0 Å². The van der Waals surface area contributed by atoms with Crippen molar-refractivity contribution in [3.05, 3.63) is 29.6 Å². The summed E-state index contributed by atoms with van der Waals surface area (Å²) in [6.07, 6.45) is -0.346. The maximum atomic E-state index is 13.2. The van der Waals surface area contributed by atoms with E-state index in [2.05, 4.69) is 5.32 Å². The van der Waals surface area contributed by atoms with E-state index in [1.165, 1.54) is 12.1 Å². The van der Waals surface area contributed by atoms with Gasteiger partial charge in [-0.25, -0.2) is 13.2 Å². The summed E-state index contributed by atoms with van der Waals surface area (Å²) in [6, 6.07) is 3.94. The van der Waals surface area contributed by atoms with Gasteiger partial charge in [0.2, 0.25) is 0 Å². The Morgan fingerprint density at radius 2 is 2.08 bits per heavy atom. The molecule has 0 amide bonds. The third-order valence-electron chi connectivity index (χ3n) is 2.13. The van der Waals surface area contributed by atoms with Crippen molar-refractivity contribution in [2.24, 2.45) is 0 Å². The molecule has 0 saturated heterocycles. The fraction of sp³-hybridized carbons (Fsp3) is 0.333. The third-order valence-corrected chi connectivity index (χ3v) is 2.13. The lowest BCUT2D eigenvalue weighted by atomic mass is 9.99. The number of hydrogen-bond donors (Lipinski definition) is 1. The molecule has 1 nitrogen and oxygen atoms in total. The number of hydrogen-bond acceptors (Lipinski definition) is 1. The predicted octanol–water partition coefficient (Wildman–Crippen LogP) is 2.73. The van der Waals surface area contributed by atoms with Crippen LogP contribution in [0, 0.1) is 5.82 Å². The fourth-order valence-electron chi connectivity index (χ4n) is 1.52. The molecule has 0 spiro atoms. The van der Waals surface area contributed by atoms with Crippen LogP contribution in [0.3, 0.4) is 0 Å². The fourth-order valence-corrected chi connectivity index (χ4v) is 1.52. The molecule has 13 heavy (non-hydrogen) atoms. The molecule has 1 aromatic rings. The quantitative estimate of drug-likeness (QED) is 0.658. The van der Waals surface area contributed by atoms with E-state index in [9.17, 15) is 13.2 Å². The summed E-state index contributed by atoms with van der Waals surface area (Å²) in [5, 5.41) is 2.74. The SMILES string of the molecule is Fc1cccc2c1C(F)(F)CCN2. The molecule has 1 N–H and O–H groups in total. The number of benzene rings is 1. The van der Waals surface area contributed by atoms with E-state index in [0.29, 0.717) is 0 Å². The zero-order valence-electron chi connectivity index (χ0n) is 6.78. The number of alkyl halides is 2. The Kier molecular flexibility index (Phi) is 1.71. The molecule has 1 aromatic carbocycles. The first-order valence-corrected chi connectivity index (χ1v) is 4.02. The number of rotatable bonds is 0. The van der Waals surface area contributed by atoms with Crippen LogP contribution in [0.25, 0.3) is 0 Å². The van der Waals surface area contributed by atoms with Crippen molar-refractivity contribution in [2.45, 2.75) is 12.3 Å². The highest BCUT2D eigenvalue weighted by Gasteiger charge is 2.39. The Hall–Kier alpha value is -1.19. The lowest BCUT2D eigenvalue weighted by molar-refractivity contribution is -0.0156. The molecule has 0 bridgehead atoms. The number of nitrogens with one attached hydrogen (secondary N) is 1. The number of anilines is 1. The second kappa shape index (κ2) is 2.65. The van der Waals surface area contributed by atoms with Gasteiger partial charge in [0, 0.05) is 18.7 Å². The summed E-state index contributed by atoms with van der Waals surface area (Å²) in [5.41, 5.74) is -0.294. The second-order valence-electron chi connectivity index (χ2n) is 3.04. The number of halogens is 3. The van der Waals surface area contributed by atoms with Gasteiger partial charge in [-0.05, 0) is 12.1 Å². The van der Waals surface area contributed by atoms with Crippen LogP contribution in [0.2, 0.25) is 0 Å². The molecule has 2 rings (SSSR count). The monoisotopic (exact) mass is 187 g/mol. The van der Waals surface area contributed by atoms with E-state index in [1.807, 2.05) is 0 Å². The first kappa shape index (κ1) is 8.41. The van der Waals surface area contributed by atoms with Gasteiger partial charge in [0.25, 0.3) is 5.92 Å². The number of fused-ring (bicyclic) bond motifs is 1. The van der Waals surface area contributed by atoms with E-state index >= 15 is 0 Å². The average Bonchev–Trinajstić information content (AvgIpc) is 2.02. The molecular weight excluding hydrogens is 179 g/mol. The summed E-state index contributed by atoms with van der Waals surface area (Å²) in [6.45, 7) is 0.184. The lowest BCUT2D eigenvalue weighted by Crippen LogP contribution is -2.27. The third kappa shape index (κ3) is 1.26. The summed E-state index contributed by atoms with van der Waals surface area (Å²) in [4.78, 5) is 0. The zero-order valence-corrected chi connectivity index (χ0v) is 6.78. The molecule has 1 aliphatic rings. The summed E-state index contributed by atoms with van der Waals surface area (Å²) < 4.78 is 39.4. The van der Waals surface area contributed by atoms with Gasteiger partial charge >= 0.3 is 0 Å². The summed E-state index contributed by atoms with van der Waals surface area (Å²) in [5.74, 6) is -3.87. The van der Waals surface area contributed by atoms with Crippen LogP contribution in [0.4, 0.5) is 18.9 Å². The highest BCUT2D eigenvalue weighted by Crippen LogP contribution is 2.40. The standard InChI is InChI=1S/C9H8F3N/c10-6-2-1-3-7-8(6)9(11,12)4-5-13-7/h1-3,13H,4-5H2. The largest absolute Gasteiger partial charge is 0.384 e. The first-order valence-electron chi connectivity index (χ1n) is 4.02. The maximum absolute atomic E-state index is 13.2. The van der Waals surface area contributed by atoms with E-state index in [4.69, 9.17) is 0 Å². The Morgan fingerprint density at radius 3 is 2.77 bits per heavy atom. The van der Waals surface area contributed by atoms with Gasteiger partial charge in [-0.15, -0.1) is 0 Å². The van der Waals surface area contributed by atoms with E-state index in [0.717, 1.165) is 6.07 Å². The minimum Gasteiger partial charge on any atom is -0.384 e. The van der Waals surface area contributed by atoms with Gasteiger partial charge in [0.05, 0.1) is 5.56 Å². The Bertz CT molecular complexity index is 336. The van der Waals surface area contributed by atoms with Crippen LogP contribution in [0.1, 0.15) is 12.0 Å². The van der Waals surface area contributed by atoms with Gasteiger partial charge in [0.1, 0.15) is 5.82 Å². The molecule has 4 heteroatoms. The molecule has 1 heterocycles. The minimum atomic E-state index is -3.04. The second-order valence-corrected chi connectivity index (χ2v) is 3.04. The normalized spacial score (nSPS) is 19.0. The zero-order chi connectivity index (χ0) is 9.47. The predicted molar refractivity (Wildman–Crippen MR) is 43.4 cm³/mol. The van der Waals surface area contributed by atoms with Crippen LogP contribution in [-0.4, -0.2) is 6.54 Å². The van der Waals surface area contributed by atoms with Crippen molar-refractivity contribution in [3.8, 4) is 0 Å². The molecule has 0 unspecified atom stereocenters. The molecule has 0 aromatic heterocycles. The topological polar surface area (TPSA) is 12.0 Å². The highest BCUT2D eigenvalue weighted by molar-refractivity contribution is 5.55. The minimum absolute atomic E-state index is 0.184. The van der Waals surface area contributed by atoms with Crippen LogP contribution >= 0.6 is 0 Å². The molecule has 1 aliphatic heterocycles. The Labute approximate surface area is 73.6 Å². The molecule has 0 aliphatic carbocycles. The van der Waals surface area contributed by atoms with Crippen LogP contribution in [0.5, 0.6) is 0 Å². The molecule has 0 radical (unpaired) electrons. The van der Waals surface area contributed by atoms with Crippen LogP contribution in [-0.2, 0) is 5.92 Å². The van der Waals surface area contributed by atoms with Gasteiger partial charge in [-0.3, -0.25) is 0 Å². The Morgan fingerprint density at radius 1 is 1.31 bits per heavy atom. The lowest BCUT2D eigenvalue weighted by Gasteiger charge is -2.26. The van der Waals surface area contributed by atoms with Gasteiger partial charge < -0.3 is 5.32 Å². The molecule has 0 atom stereocenters. The molecular formula is C9H8F3N. The van der Waals surface area contributed by atoms with Crippen LogP contribution < -0.4 is 5.32 Å². The molecule has 0 fully saturated rings. The van der Waals surface area contributed by atoms with E-state index in [1.54, 1.807) is 0 Å². The van der Waals surface area contributed by atoms with Gasteiger partial charge in [-0.2, -0.15) is 0 Å². The van der Waals surface area contributed by atoms with Crippen molar-refractivity contribution in [3.63, 3.8) is 0 Å². The highest BCUT2D eigenvalue weighted by atomic mass is 19.3. The average molecular weight is 187 g/mol. The summed E-state index contributed by atoms with van der Waals surface area (Å²) in [7, 11) is 0. The van der Waals surface area contributed by atoms with E-state index < -0.39 is 17.3 Å². The molecule has 0 saturated carbocycles. The summed E-state index contributed by atoms with van der Waals surface area (Å²) >= 11 is 0. The van der Waals surface area contributed by atoms with Crippen molar-refractivity contribution in [1.29, 1.82) is 0 Å². The van der Waals surface area contributed by atoms with Gasteiger partial charge in [0.15, 0.2) is 0 Å².